The van der Waals surface area contributed by atoms with Crippen molar-refractivity contribution in [3.05, 3.63) is 42.5 Å². The fourth-order valence-corrected chi connectivity index (χ4v) is 2.17. The molecule has 0 aliphatic rings. The van der Waals surface area contributed by atoms with Crippen molar-refractivity contribution in [3.8, 4) is 0 Å². The topological polar surface area (TPSA) is 24.9 Å². The molecule has 0 radical (unpaired) electrons. The van der Waals surface area contributed by atoms with Crippen molar-refractivity contribution in [2.75, 3.05) is 6.54 Å². The predicted octanol–water partition coefficient (Wildman–Crippen LogP) is 4.40. The molecule has 3 heteroatoms. The molecule has 19 heavy (non-hydrogen) atoms. The largest absolute Gasteiger partial charge is 0.310 e. The summed E-state index contributed by atoms with van der Waals surface area (Å²) in [6, 6.07) is 1.89. The van der Waals surface area contributed by atoms with Gasteiger partial charge in [-0.15, -0.1) is 6.58 Å². The monoisotopic (exact) mass is 264 g/mol. The van der Waals surface area contributed by atoms with Gasteiger partial charge in [0.25, 0.3) is 0 Å². The first-order valence-electron chi connectivity index (χ1n) is 7.23. The first kappa shape index (κ1) is 15.8. The standard InChI is InChI=1S/C16H25FN2/c1-3-5-6-7-8-9-16(19-11-4-2)14-10-12-18-13-15(14)17/h3,10,12-13,16,19H,1,4-9,11H2,2H3. The van der Waals surface area contributed by atoms with E-state index in [0.29, 0.717) is 0 Å². The maximum Gasteiger partial charge on any atom is 0.146 e. The number of rotatable bonds is 10. The third-order valence-electron chi connectivity index (χ3n) is 3.22. The average molecular weight is 264 g/mol. The molecule has 0 amide bonds. The van der Waals surface area contributed by atoms with E-state index in [1.54, 1.807) is 12.3 Å². The summed E-state index contributed by atoms with van der Waals surface area (Å²) >= 11 is 0. The lowest BCUT2D eigenvalue weighted by Crippen LogP contribution is -2.23. The van der Waals surface area contributed by atoms with Crippen LogP contribution in [0.15, 0.2) is 31.1 Å². The van der Waals surface area contributed by atoms with Crippen molar-refractivity contribution in [2.24, 2.45) is 0 Å². The van der Waals surface area contributed by atoms with Gasteiger partial charge in [0.2, 0.25) is 0 Å². The molecular weight excluding hydrogens is 239 g/mol. The summed E-state index contributed by atoms with van der Waals surface area (Å²) < 4.78 is 13.8. The number of allylic oxidation sites excluding steroid dienone is 1. The third kappa shape index (κ3) is 5.97. The Kier molecular flexibility index (Phi) is 8.07. The number of hydrogen-bond acceptors (Lipinski definition) is 2. The lowest BCUT2D eigenvalue weighted by atomic mass is 10.0. The van der Waals surface area contributed by atoms with Gasteiger partial charge in [0.05, 0.1) is 6.20 Å². The predicted molar refractivity (Wildman–Crippen MR) is 78.5 cm³/mol. The molecule has 0 aliphatic heterocycles. The molecule has 1 atom stereocenters. The second-order valence-corrected chi connectivity index (χ2v) is 4.83. The molecule has 1 heterocycles. The highest BCUT2D eigenvalue weighted by atomic mass is 19.1. The highest BCUT2D eigenvalue weighted by Gasteiger charge is 2.14. The number of nitrogens with one attached hydrogen (secondary N) is 1. The van der Waals surface area contributed by atoms with Crippen LogP contribution < -0.4 is 5.32 Å². The average Bonchev–Trinajstić information content (AvgIpc) is 2.43. The first-order valence-corrected chi connectivity index (χ1v) is 7.23. The minimum absolute atomic E-state index is 0.103. The highest BCUT2D eigenvalue weighted by Crippen LogP contribution is 2.22. The number of unbranched alkanes of at least 4 members (excludes halogenated alkanes) is 3. The van der Waals surface area contributed by atoms with E-state index in [-0.39, 0.29) is 11.9 Å². The molecule has 0 fully saturated rings. The van der Waals surface area contributed by atoms with Gasteiger partial charge < -0.3 is 5.32 Å². The second-order valence-electron chi connectivity index (χ2n) is 4.83. The van der Waals surface area contributed by atoms with Gasteiger partial charge in [-0.05, 0) is 38.3 Å². The van der Waals surface area contributed by atoms with E-state index >= 15 is 0 Å². The van der Waals surface area contributed by atoms with E-state index < -0.39 is 0 Å². The first-order chi connectivity index (χ1) is 9.29. The van der Waals surface area contributed by atoms with Gasteiger partial charge in [-0.1, -0.05) is 25.8 Å². The van der Waals surface area contributed by atoms with E-state index in [4.69, 9.17) is 0 Å². The highest BCUT2D eigenvalue weighted by molar-refractivity contribution is 5.17. The Morgan fingerprint density at radius 2 is 2.26 bits per heavy atom. The molecule has 1 aromatic rings. The molecule has 1 rings (SSSR count). The van der Waals surface area contributed by atoms with E-state index in [9.17, 15) is 4.39 Å². The fraction of sp³-hybridized carbons (Fsp3) is 0.562. The Balaban J connectivity index is 2.52. The van der Waals surface area contributed by atoms with Crippen molar-refractivity contribution in [2.45, 2.75) is 51.5 Å². The van der Waals surface area contributed by atoms with Crippen molar-refractivity contribution in [1.29, 1.82) is 0 Å². The van der Waals surface area contributed by atoms with Gasteiger partial charge in [0.15, 0.2) is 0 Å². The molecule has 1 aromatic heterocycles. The number of pyridine rings is 1. The normalized spacial score (nSPS) is 12.3. The molecule has 0 aromatic carbocycles. The Labute approximate surface area is 116 Å². The Bertz CT molecular complexity index is 366. The summed E-state index contributed by atoms with van der Waals surface area (Å²) in [4.78, 5) is 3.81. The molecule has 2 nitrogen and oxygen atoms in total. The quantitative estimate of drug-likeness (QED) is 0.500. The zero-order valence-electron chi connectivity index (χ0n) is 11.9. The van der Waals surface area contributed by atoms with Crippen LogP contribution in [0.4, 0.5) is 4.39 Å². The van der Waals surface area contributed by atoms with E-state index in [2.05, 4.69) is 23.8 Å². The zero-order chi connectivity index (χ0) is 13.9. The number of aromatic nitrogens is 1. The molecule has 0 spiro atoms. The molecule has 0 bridgehead atoms. The SMILES string of the molecule is C=CCCCCCC(NCCC)c1ccncc1F. The minimum atomic E-state index is -0.206. The molecular formula is C16H25FN2. The zero-order valence-corrected chi connectivity index (χ0v) is 11.9. The van der Waals surface area contributed by atoms with Crippen LogP contribution in [0.3, 0.4) is 0 Å². The summed E-state index contributed by atoms with van der Waals surface area (Å²) in [5.74, 6) is -0.206. The van der Waals surface area contributed by atoms with Crippen LogP contribution in [0.2, 0.25) is 0 Å². The lowest BCUT2D eigenvalue weighted by molar-refractivity contribution is 0.451. The van der Waals surface area contributed by atoms with Gasteiger partial charge in [-0.2, -0.15) is 0 Å². The summed E-state index contributed by atoms with van der Waals surface area (Å²) in [5.41, 5.74) is 0.743. The fourth-order valence-electron chi connectivity index (χ4n) is 2.17. The lowest BCUT2D eigenvalue weighted by Gasteiger charge is -2.19. The number of hydrogen-bond donors (Lipinski definition) is 1. The molecule has 106 valence electrons. The van der Waals surface area contributed by atoms with Crippen LogP contribution >= 0.6 is 0 Å². The van der Waals surface area contributed by atoms with E-state index in [1.165, 1.54) is 19.0 Å². The van der Waals surface area contributed by atoms with Crippen LogP contribution in [-0.2, 0) is 0 Å². The maximum absolute atomic E-state index is 13.8. The summed E-state index contributed by atoms with van der Waals surface area (Å²) in [6.07, 6.45) is 11.5. The minimum Gasteiger partial charge on any atom is -0.310 e. The second kappa shape index (κ2) is 9.68. The van der Waals surface area contributed by atoms with Gasteiger partial charge in [0, 0.05) is 17.8 Å². The van der Waals surface area contributed by atoms with Gasteiger partial charge in [0.1, 0.15) is 5.82 Å². The van der Waals surface area contributed by atoms with E-state index in [1.807, 2.05) is 6.08 Å². The van der Waals surface area contributed by atoms with Gasteiger partial charge in [-0.3, -0.25) is 4.98 Å². The number of halogens is 1. The van der Waals surface area contributed by atoms with Crippen LogP contribution in [0.5, 0.6) is 0 Å². The van der Waals surface area contributed by atoms with Crippen molar-refractivity contribution in [3.63, 3.8) is 0 Å². The smallest absolute Gasteiger partial charge is 0.146 e. The van der Waals surface area contributed by atoms with Crippen molar-refractivity contribution in [1.82, 2.24) is 10.3 Å². The van der Waals surface area contributed by atoms with E-state index in [0.717, 1.165) is 37.8 Å². The molecule has 0 saturated carbocycles. The Morgan fingerprint density at radius 3 is 2.95 bits per heavy atom. The molecule has 1 N–H and O–H groups in total. The molecule has 0 aliphatic carbocycles. The molecule has 1 unspecified atom stereocenters. The van der Waals surface area contributed by atoms with Crippen molar-refractivity contribution >= 4 is 0 Å². The van der Waals surface area contributed by atoms with Crippen molar-refractivity contribution < 1.29 is 4.39 Å². The summed E-state index contributed by atoms with van der Waals surface area (Å²) in [6.45, 7) is 6.76. The Morgan fingerprint density at radius 1 is 1.42 bits per heavy atom. The van der Waals surface area contributed by atoms with Crippen LogP contribution in [0, 0.1) is 5.82 Å². The third-order valence-corrected chi connectivity index (χ3v) is 3.22. The summed E-state index contributed by atoms with van der Waals surface area (Å²) in [5, 5.41) is 3.43. The Hall–Kier alpha value is -1.22. The number of nitrogens with zero attached hydrogens (tertiary/aromatic N) is 1. The van der Waals surface area contributed by atoms with Crippen LogP contribution in [0.25, 0.3) is 0 Å². The van der Waals surface area contributed by atoms with Crippen LogP contribution in [-0.4, -0.2) is 11.5 Å². The van der Waals surface area contributed by atoms with Crippen LogP contribution in [0.1, 0.15) is 57.1 Å². The van der Waals surface area contributed by atoms with Gasteiger partial charge >= 0.3 is 0 Å². The molecule has 0 saturated heterocycles. The van der Waals surface area contributed by atoms with Gasteiger partial charge in [-0.25, -0.2) is 4.39 Å². The maximum atomic E-state index is 13.8. The summed E-state index contributed by atoms with van der Waals surface area (Å²) in [7, 11) is 0.